The Labute approximate surface area is 79.0 Å². The van der Waals surface area contributed by atoms with Crippen molar-refractivity contribution in [1.29, 1.82) is 0 Å². The average molecular weight is 186 g/mol. The summed E-state index contributed by atoms with van der Waals surface area (Å²) >= 11 is 0. The van der Waals surface area contributed by atoms with Crippen LogP contribution in [0, 0.1) is 0 Å². The van der Waals surface area contributed by atoms with E-state index in [1.165, 1.54) is 0 Å². The van der Waals surface area contributed by atoms with Crippen LogP contribution in [0.4, 0.5) is 0 Å². The Morgan fingerprint density at radius 1 is 1.38 bits per heavy atom. The zero-order valence-electron chi connectivity index (χ0n) is 8.52. The van der Waals surface area contributed by atoms with Crippen molar-refractivity contribution in [2.24, 2.45) is 0 Å². The molecule has 1 fully saturated rings. The molecule has 1 rings (SSSR count). The van der Waals surface area contributed by atoms with Gasteiger partial charge in [0.05, 0.1) is 0 Å². The first-order valence-electron chi connectivity index (χ1n) is 4.66. The molecule has 4 nitrogen and oxygen atoms in total. The third-order valence-electron chi connectivity index (χ3n) is 1.73. The molecule has 4 heteroatoms. The van der Waals surface area contributed by atoms with Crippen LogP contribution in [-0.4, -0.2) is 37.2 Å². The molecule has 0 aliphatic carbocycles. The Kier molecular flexibility index (Phi) is 3.27. The van der Waals surface area contributed by atoms with Crippen LogP contribution >= 0.6 is 0 Å². The van der Waals surface area contributed by atoms with Crippen LogP contribution in [0.3, 0.4) is 0 Å². The smallest absolute Gasteiger partial charge is 0.324 e. The van der Waals surface area contributed by atoms with Crippen molar-refractivity contribution in [2.75, 3.05) is 19.6 Å². The lowest BCUT2D eigenvalue weighted by molar-refractivity contribution is -0.157. The van der Waals surface area contributed by atoms with Crippen molar-refractivity contribution >= 4 is 5.97 Å². The molecule has 2 N–H and O–H groups in total. The molecule has 0 aromatic heterocycles. The highest BCUT2D eigenvalue weighted by Crippen LogP contribution is 2.08. The molecule has 1 saturated heterocycles. The molecule has 13 heavy (non-hydrogen) atoms. The third kappa shape index (κ3) is 3.74. The van der Waals surface area contributed by atoms with Gasteiger partial charge in [0.15, 0.2) is 0 Å². The predicted octanol–water partition coefficient (Wildman–Crippen LogP) is -0.110. The first-order valence-corrected chi connectivity index (χ1v) is 4.66. The Morgan fingerprint density at radius 2 is 2.08 bits per heavy atom. The maximum absolute atomic E-state index is 11.5. The number of rotatable bonds is 1. The molecule has 1 heterocycles. The fourth-order valence-electron chi connectivity index (χ4n) is 1.19. The van der Waals surface area contributed by atoms with Gasteiger partial charge in [0.1, 0.15) is 11.6 Å². The average Bonchev–Trinajstić information content (AvgIpc) is 2.03. The van der Waals surface area contributed by atoms with Gasteiger partial charge in [-0.1, -0.05) is 0 Å². The maximum atomic E-state index is 11.5. The first-order chi connectivity index (χ1) is 5.99. The molecule has 0 saturated carbocycles. The molecule has 1 atom stereocenters. The van der Waals surface area contributed by atoms with Crippen LogP contribution in [0.5, 0.6) is 0 Å². The highest BCUT2D eigenvalue weighted by Gasteiger charge is 2.25. The standard InChI is InChI=1S/C9H18N2O2/c1-9(2,3)13-8(12)7-6-10-4-5-11-7/h7,10-11H,4-6H2,1-3H3/t7-/m1/s1. The normalized spacial score (nSPS) is 24.1. The summed E-state index contributed by atoms with van der Waals surface area (Å²) in [5.41, 5.74) is -0.393. The Bertz CT molecular complexity index is 181. The summed E-state index contributed by atoms with van der Waals surface area (Å²) in [5, 5.41) is 6.24. The Morgan fingerprint density at radius 3 is 2.54 bits per heavy atom. The summed E-state index contributed by atoms with van der Waals surface area (Å²) in [6, 6.07) is -0.187. The zero-order chi connectivity index (χ0) is 9.90. The summed E-state index contributed by atoms with van der Waals surface area (Å²) < 4.78 is 5.24. The van der Waals surface area contributed by atoms with Gasteiger partial charge in [0.25, 0.3) is 0 Å². The maximum Gasteiger partial charge on any atom is 0.324 e. The highest BCUT2D eigenvalue weighted by atomic mass is 16.6. The van der Waals surface area contributed by atoms with Crippen LogP contribution in [0.1, 0.15) is 20.8 Å². The number of esters is 1. The molecule has 0 unspecified atom stereocenters. The van der Waals surface area contributed by atoms with E-state index in [-0.39, 0.29) is 12.0 Å². The van der Waals surface area contributed by atoms with Crippen molar-refractivity contribution in [3.05, 3.63) is 0 Å². The molecule has 0 radical (unpaired) electrons. The van der Waals surface area contributed by atoms with E-state index in [1.54, 1.807) is 0 Å². The molecular formula is C9H18N2O2. The summed E-state index contributed by atoms with van der Waals surface area (Å²) in [6.45, 7) is 8.03. The number of ether oxygens (including phenoxy) is 1. The molecule has 0 aromatic carbocycles. The lowest BCUT2D eigenvalue weighted by atomic mass is 10.2. The Hall–Kier alpha value is -0.610. The van der Waals surface area contributed by atoms with Crippen molar-refractivity contribution < 1.29 is 9.53 Å². The van der Waals surface area contributed by atoms with E-state index in [9.17, 15) is 4.79 Å². The van der Waals surface area contributed by atoms with Gasteiger partial charge in [-0.15, -0.1) is 0 Å². The number of hydrogen-bond donors (Lipinski definition) is 2. The lowest BCUT2D eigenvalue weighted by Gasteiger charge is -2.27. The minimum absolute atomic E-state index is 0.167. The van der Waals surface area contributed by atoms with Gasteiger partial charge in [0.2, 0.25) is 0 Å². The number of nitrogens with one attached hydrogen (secondary N) is 2. The van der Waals surface area contributed by atoms with Crippen molar-refractivity contribution in [3.63, 3.8) is 0 Å². The van der Waals surface area contributed by atoms with Crippen LogP contribution < -0.4 is 10.6 Å². The van der Waals surface area contributed by atoms with Crippen molar-refractivity contribution in [3.8, 4) is 0 Å². The molecule has 1 aliphatic heterocycles. The monoisotopic (exact) mass is 186 g/mol. The fourth-order valence-corrected chi connectivity index (χ4v) is 1.19. The van der Waals surface area contributed by atoms with E-state index in [0.717, 1.165) is 13.1 Å². The van der Waals surface area contributed by atoms with E-state index < -0.39 is 5.60 Å². The van der Waals surface area contributed by atoms with Gasteiger partial charge in [-0.25, -0.2) is 0 Å². The Balaban J connectivity index is 2.38. The van der Waals surface area contributed by atoms with Crippen LogP contribution in [0.25, 0.3) is 0 Å². The third-order valence-corrected chi connectivity index (χ3v) is 1.73. The lowest BCUT2D eigenvalue weighted by Crippen LogP contribution is -2.53. The molecule has 1 aliphatic rings. The van der Waals surface area contributed by atoms with Crippen molar-refractivity contribution in [1.82, 2.24) is 10.6 Å². The van der Waals surface area contributed by atoms with Gasteiger partial charge in [-0.05, 0) is 20.8 Å². The minimum atomic E-state index is -0.393. The molecule has 0 bridgehead atoms. The SMILES string of the molecule is CC(C)(C)OC(=O)[C@H]1CNCCN1. The largest absolute Gasteiger partial charge is 0.459 e. The first kappa shape index (κ1) is 10.5. The summed E-state index contributed by atoms with van der Waals surface area (Å²) in [4.78, 5) is 11.5. The molecule has 0 amide bonds. The van der Waals surface area contributed by atoms with Gasteiger partial charge in [-0.2, -0.15) is 0 Å². The van der Waals surface area contributed by atoms with Gasteiger partial charge < -0.3 is 15.4 Å². The number of carbonyl (C=O) groups excluding carboxylic acids is 1. The number of hydrogen-bond acceptors (Lipinski definition) is 4. The molecular weight excluding hydrogens is 168 g/mol. The second-order valence-electron chi connectivity index (χ2n) is 4.24. The summed E-state index contributed by atoms with van der Waals surface area (Å²) in [6.07, 6.45) is 0. The van der Waals surface area contributed by atoms with Gasteiger partial charge in [0, 0.05) is 19.6 Å². The topological polar surface area (TPSA) is 50.4 Å². The van der Waals surface area contributed by atoms with E-state index in [0.29, 0.717) is 6.54 Å². The van der Waals surface area contributed by atoms with Crippen LogP contribution in [0.15, 0.2) is 0 Å². The molecule has 76 valence electrons. The van der Waals surface area contributed by atoms with E-state index >= 15 is 0 Å². The zero-order valence-corrected chi connectivity index (χ0v) is 8.52. The molecule has 0 spiro atoms. The number of carbonyl (C=O) groups is 1. The predicted molar refractivity (Wildman–Crippen MR) is 50.5 cm³/mol. The van der Waals surface area contributed by atoms with E-state index in [1.807, 2.05) is 20.8 Å². The second kappa shape index (κ2) is 4.07. The molecule has 0 aromatic rings. The van der Waals surface area contributed by atoms with Gasteiger partial charge in [-0.3, -0.25) is 4.79 Å². The second-order valence-corrected chi connectivity index (χ2v) is 4.24. The van der Waals surface area contributed by atoms with E-state index in [4.69, 9.17) is 4.74 Å². The van der Waals surface area contributed by atoms with Gasteiger partial charge >= 0.3 is 5.97 Å². The number of piperazine rings is 1. The quantitative estimate of drug-likeness (QED) is 0.561. The van der Waals surface area contributed by atoms with E-state index in [2.05, 4.69) is 10.6 Å². The highest BCUT2D eigenvalue weighted by molar-refractivity contribution is 5.76. The summed E-state index contributed by atoms with van der Waals surface area (Å²) in [5.74, 6) is -0.167. The summed E-state index contributed by atoms with van der Waals surface area (Å²) in [7, 11) is 0. The van der Waals surface area contributed by atoms with Crippen LogP contribution in [-0.2, 0) is 9.53 Å². The van der Waals surface area contributed by atoms with Crippen LogP contribution in [0.2, 0.25) is 0 Å². The minimum Gasteiger partial charge on any atom is -0.459 e. The van der Waals surface area contributed by atoms with Crippen molar-refractivity contribution in [2.45, 2.75) is 32.4 Å². The fraction of sp³-hybridized carbons (Fsp3) is 0.889.